The highest BCUT2D eigenvalue weighted by molar-refractivity contribution is 6.20. The van der Waals surface area contributed by atoms with Gasteiger partial charge in [-0.2, -0.15) is 0 Å². The highest BCUT2D eigenvalue weighted by atomic mass is 35.5. The van der Waals surface area contributed by atoms with Gasteiger partial charge in [0, 0.05) is 18.5 Å². The van der Waals surface area contributed by atoms with E-state index in [0.29, 0.717) is 0 Å². The molecule has 0 spiro atoms. The first-order chi connectivity index (χ1) is 7.61. The largest absolute Gasteiger partial charge is 0.311 e. The maximum Gasteiger partial charge on any atom is 0.0460 e. The van der Waals surface area contributed by atoms with E-state index < -0.39 is 0 Å². The zero-order valence-corrected chi connectivity index (χ0v) is 11.3. The lowest BCUT2D eigenvalue weighted by Crippen LogP contribution is -2.22. The van der Waals surface area contributed by atoms with E-state index in [1.54, 1.807) is 0 Å². The molecular weight excluding hydrogens is 218 g/mol. The molecule has 0 heterocycles. The van der Waals surface area contributed by atoms with Crippen LogP contribution in [0.2, 0.25) is 0 Å². The molecule has 0 aliphatic carbocycles. The van der Waals surface area contributed by atoms with Crippen molar-refractivity contribution < 1.29 is 0 Å². The Labute approximate surface area is 104 Å². The van der Waals surface area contributed by atoms with E-state index >= 15 is 0 Å². The number of halogens is 1. The first-order valence-corrected chi connectivity index (χ1v) is 6.47. The normalized spacial score (nSPS) is 12.8. The number of hydrogen-bond donors (Lipinski definition) is 1. The molecule has 1 aromatic carbocycles. The monoisotopic (exact) mass is 239 g/mol. The minimum Gasteiger partial charge on any atom is -0.311 e. The topological polar surface area (TPSA) is 12.0 Å². The number of benzene rings is 1. The molecular formula is C14H22ClN. The third kappa shape index (κ3) is 5.00. The van der Waals surface area contributed by atoms with Gasteiger partial charge in [0.2, 0.25) is 0 Å². The maximum atomic E-state index is 6.15. The second-order valence-corrected chi connectivity index (χ2v) is 5.13. The Morgan fingerprint density at radius 2 is 1.81 bits per heavy atom. The maximum absolute atomic E-state index is 6.15. The van der Waals surface area contributed by atoms with E-state index in [-0.39, 0.29) is 5.38 Å². The Hall–Kier alpha value is -0.530. The van der Waals surface area contributed by atoms with Crippen LogP contribution in [0, 0.1) is 13.8 Å². The third-order valence-electron chi connectivity index (χ3n) is 2.58. The summed E-state index contributed by atoms with van der Waals surface area (Å²) in [5, 5.41) is 3.67. The van der Waals surface area contributed by atoms with Crippen molar-refractivity contribution in [1.29, 1.82) is 0 Å². The van der Waals surface area contributed by atoms with Gasteiger partial charge in [0.1, 0.15) is 0 Å². The smallest absolute Gasteiger partial charge is 0.0460 e. The van der Waals surface area contributed by atoms with Crippen LogP contribution in [0.3, 0.4) is 0 Å². The van der Waals surface area contributed by atoms with Crippen LogP contribution in [-0.4, -0.2) is 11.9 Å². The summed E-state index contributed by atoms with van der Waals surface area (Å²) < 4.78 is 0. The zero-order valence-electron chi connectivity index (χ0n) is 10.5. The van der Waals surface area contributed by atoms with Crippen LogP contribution in [0.25, 0.3) is 0 Å². The molecule has 1 atom stereocenters. The first kappa shape index (κ1) is 13.5. The predicted molar refractivity (Wildman–Crippen MR) is 72.2 cm³/mol. The van der Waals surface area contributed by atoms with Crippen molar-refractivity contribution in [2.24, 2.45) is 0 Å². The molecule has 0 amide bonds. The second kappa shape index (κ2) is 6.93. The van der Waals surface area contributed by atoms with E-state index in [1.807, 2.05) is 0 Å². The number of rotatable bonds is 6. The first-order valence-electron chi connectivity index (χ1n) is 6.03. The molecule has 1 aromatic rings. The Balaban J connectivity index is 2.37. The van der Waals surface area contributed by atoms with Gasteiger partial charge in [-0.25, -0.2) is 0 Å². The van der Waals surface area contributed by atoms with Crippen LogP contribution in [0.1, 0.15) is 36.5 Å². The van der Waals surface area contributed by atoms with Gasteiger partial charge in [-0.3, -0.25) is 0 Å². The van der Waals surface area contributed by atoms with Crippen LogP contribution < -0.4 is 5.32 Å². The second-order valence-electron chi connectivity index (χ2n) is 4.51. The van der Waals surface area contributed by atoms with Gasteiger partial charge in [0.05, 0.1) is 0 Å². The van der Waals surface area contributed by atoms with Crippen LogP contribution in [0.15, 0.2) is 18.2 Å². The van der Waals surface area contributed by atoms with Crippen molar-refractivity contribution in [2.75, 3.05) is 6.54 Å². The molecule has 0 aliphatic heterocycles. The van der Waals surface area contributed by atoms with Crippen molar-refractivity contribution in [2.45, 2.75) is 45.5 Å². The Kier molecular flexibility index (Phi) is 5.86. The van der Waals surface area contributed by atoms with Crippen molar-refractivity contribution in [3.05, 3.63) is 34.9 Å². The lowest BCUT2D eigenvalue weighted by Gasteiger charge is -2.10. The lowest BCUT2D eigenvalue weighted by molar-refractivity contribution is 0.623. The standard InChI is InChI=1S/C14H22ClN/c1-4-5-14(15)10-16-9-13-7-11(2)6-12(3)8-13/h6-8,14,16H,4-5,9-10H2,1-3H3. The molecule has 0 fully saturated rings. The minimum absolute atomic E-state index is 0.260. The van der Waals surface area contributed by atoms with Gasteiger partial charge in [0.15, 0.2) is 0 Å². The highest BCUT2D eigenvalue weighted by Crippen LogP contribution is 2.09. The fourth-order valence-corrected chi connectivity index (χ4v) is 2.29. The van der Waals surface area contributed by atoms with Crippen molar-refractivity contribution in [1.82, 2.24) is 5.32 Å². The van der Waals surface area contributed by atoms with E-state index in [1.165, 1.54) is 16.7 Å². The number of hydrogen-bond acceptors (Lipinski definition) is 1. The summed E-state index contributed by atoms with van der Waals surface area (Å²) >= 11 is 6.15. The molecule has 90 valence electrons. The molecule has 1 nitrogen and oxygen atoms in total. The molecule has 0 bridgehead atoms. The molecule has 16 heavy (non-hydrogen) atoms. The zero-order chi connectivity index (χ0) is 12.0. The summed E-state index contributed by atoms with van der Waals surface area (Å²) in [5.41, 5.74) is 4.00. The van der Waals surface area contributed by atoms with E-state index in [4.69, 9.17) is 11.6 Å². The van der Waals surface area contributed by atoms with Gasteiger partial charge >= 0.3 is 0 Å². The predicted octanol–water partition coefficient (Wildman–Crippen LogP) is 3.80. The summed E-state index contributed by atoms with van der Waals surface area (Å²) in [7, 11) is 0. The fourth-order valence-electron chi connectivity index (χ4n) is 1.96. The molecule has 1 N–H and O–H groups in total. The summed E-state index contributed by atoms with van der Waals surface area (Å²) in [6.07, 6.45) is 2.24. The molecule has 0 radical (unpaired) electrons. The fraction of sp³-hybridized carbons (Fsp3) is 0.571. The van der Waals surface area contributed by atoms with E-state index in [0.717, 1.165) is 25.9 Å². The quantitative estimate of drug-likeness (QED) is 0.745. The van der Waals surface area contributed by atoms with Crippen molar-refractivity contribution >= 4 is 11.6 Å². The average molecular weight is 240 g/mol. The van der Waals surface area contributed by atoms with Crippen molar-refractivity contribution in [3.63, 3.8) is 0 Å². The number of nitrogens with one attached hydrogen (secondary N) is 1. The Morgan fingerprint density at radius 3 is 2.38 bits per heavy atom. The number of alkyl halides is 1. The summed E-state index contributed by atoms with van der Waals surface area (Å²) in [5.74, 6) is 0. The molecule has 2 heteroatoms. The average Bonchev–Trinajstić information content (AvgIpc) is 2.16. The molecule has 0 aliphatic rings. The highest BCUT2D eigenvalue weighted by Gasteiger charge is 2.02. The van der Waals surface area contributed by atoms with Gasteiger partial charge < -0.3 is 5.32 Å². The molecule has 1 rings (SSSR count). The summed E-state index contributed by atoms with van der Waals surface area (Å²) in [6, 6.07) is 6.65. The van der Waals surface area contributed by atoms with E-state index in [2.05, 4.69) is 44.3 Å². The molecule has 0 aromatic heterocycles. The van der Waals surface area contributed by atoms with Gasteiger partial charge in [0.25, 0.3) is 0 Å². The van der Waals surface area contributed by atoms with Gasteiger partial charge in [-0.05, 0) is 25.8 Å². The molecule has 0 saturated heterocycles. The Bertz CT molecular complexity index is 302. The van der Waals surface area contributed by atoms with Crippen LogP contribution in [-0.2, 0) is 6.54 Å². The SMILES string of the molecule is CCCC(Cl)CNCc1cc(C)cc(C)c1. The van der Waals surface area contributed by atoms with Crippen LogP contribution in [0.5, 0.6) is 0 Å². The van der Waals surface area contributed by atoms with Gasteiger partial charge in [-0.15, -0.1) is 11.6 Å². The summed E-state index contributed by atoms with van der Waals surface area (Å²) in [4.78, 5) is 0. The van der Waals surface area contributed by atoms with E-state index in [9.17, 15) is 0 Å². The van der Waals surface area contributed by atoms with Crippen LogP contribution in [0.4, 0.5) is 0 Å². The minimum atomic E-state index is 0.260. The Morgan fingerprint density at radius 1 is 1.19 bits per heavy atom. The third-order valence-corrected chi connectivity index (χ3v) is 2.95. The summed E-state index contributed by atoms with van der Waals surface area (Å²) in [6.45, 7) is 8.24. The lowest BCUT2D eigenvalue weighted by atomic mass is 10.1. The van der Waals surface area contributed by atoms with Crippen molar-refractivity contribution in [3.8, 4) is 0 Å². The molecule has 0 saturated carbocycles. The van der Waals surface area contributed by atoms with Crippen LogP contribution >= 0.6 is 11.6 Å². The van der Waals surface area contributed by atoms with Gasteiger partial charge in [-0.1, -0.05) is 42.7 Å². The molecule has 1 unspecified atom stereocenters. The number of aryl methyl sites for hydroxylation is 2.